The summed E-state index contributed by atoms with van der Waals surface area (Å²) in [6.45, 7) is -0.166. The van der Waals surface area contributed by atoms with E-state index in [0.29, 0.717) is 12.3 Å². The summed E-state index contributed by atoms with van der Waals surface area (Å²) in [5.74, 6) is 0.927. The van der Waals surface area contributed by atoms with Crippen molar-refractivity contribution in [1.29, 1.82) is 0 Å². The topological polar surface area (TPSA) is 76.9 Å². The van der Waals surface area contributed by atoms with Crippen LogP contribution in [0.15, 0.2) is 77.5 Å². The standard InChI is InChI=1S/C24H20N4O3S/c1-30-18-9-7-17(8-10-18)21-13-20(16-5-3-2-4-6-16)27-28(21)22(29)14-31-23-19-11-12-32-24(19)26-15-25-23/h2-12,15,21H,13-14H2,1H3/t21-/m1/s1. The second-order valence-corrected chi connectivity index (χ2v) is 8.15. The molecule has 1 aliphatic rings. The number of thiophene rings is 1. The quantitative estimate of drug-likeness (QED) is 0.439. The van der Waals surface area contributed by atoms with E-state index in [1.165, 1.54) is 22.7 Å². The van der Waals surface area contributed by atoms with Crippen LogP contribution in [0.2, 0.25) is 0 Å². The molecule has 0 saturated heterocycles. The molecule has 0 unspecified atom stereocenters. The van der Waals surface area contributed by atoms with Crippen molar-refractivity contribution in [3.8, 4) is 11.6 Å². The first-order valence-electron chi connectivity index (χ1n) is 10.1. The van der Waals surface area contributed by atoms with Crippen molar-refractivity contribution < 1.29 is 14.3 Å². The van der Waals surface area contributed by atoms with E-state index in [9.17, 15) is 4.79 Å². The zero-order valence-corrected chi connectivity index (χ0v) is 18.2. The first-order chi connectivity index (χ1) is 15.7. The Bertz CT molecular complexity index is 1270. The number of hydrazone groups is 1. The third-order valence-electron chi connectivity index (χ3n) is 5.33. The second-order valence-electron chi connectivity index (χ2n) is 7.25. The molecule has 0 radical (unpaired) electrons. The number of aromatic nitrogens is 2. The zero-order chi connectivity index (χ0) is 21.9. The third kappa shape index (κ3) is 3.92. The fourth-order valence-corrected chi connectivity index (χ4v) is 4.43. The number of ether oxygens (including phenoxy) is 2. The maximum Gasteiger partial charge on any atom is 0.281 e. The fraction of sp³-hybridized carbons (Fsp3) is 0.167. The van der Waals surface area contributed by atoms with Gasteiger partial charge in [0.15, 0.2) is 6.61 Å². The molecule has 8 heteroatoms. The lowest BCUT2D eigenvalue weighted by Crippen LogP contribution is -2.31. The summed E-state index contributed by atoms with van der Waals surface area (Å²) in [4.78, 5) is 22.4. The normalized spacial score (nSPS) is 15.6. The summed E-state index contributed by atoms with van der Waals surface area (Å²) in [5.41, 5.74) is 2.84. The van der Waals surface area contributed by atoms with Gasteiger partial charge in [0, 0.05) is 6.42 Å². The molecular weight excluding hydrogens is 424 g/mol. The van der Waals surface area contributed by atoms with Crippen molar-refractivity contribution in [2.75, 3.05) is 13.7 Å². The minimum atomic E-state index is -0.237. The van der Waals surface area contributed by atoms with Crippen LogP contribution in [0.3, 0.4) is 0 Å². The van der Waals surface area contributed by atoms with Crippen molar-refractivity contribution in [1.82, 2.24) is 15.0 Å². The molecule has 32 heavy (non-hydrogen) atoms. The molecule has 1 aliphatic heterocycles. The molecule has 1 atom stereocenters. The Morgan fingerprint density at radius 1 is 1.09 bits per heavy atom. The largest absolute Gasteiger partial charge is 0.497 e. The van der Waals surface area contributed by atoms with Crippen molar-refractivity contribution in [2.45, 2.75) is 12.5 Å². The van der Waals surface area contributed by atoms with Gasteiger partial charge in [-0.05, 0) is 34.7 Å². The molecule has 0 bridgehead atoms. The van der Waals surface area contributed by atoms with Crippen LogP contribution in [0, 0.1) is 0 Å². The van der Waals surface area contributed by atoms with Gasteiger partial charge >= 0.3 is 0 Å². The van der Waals surface area contributed by atoms with Gasteiger partial charge in [-0.15, -0.1) is 11.3 Å². The van der Waals surface area contributed by atoms with Crippen molar-refractivity contribution in [3.63, 3.8) is 0 Å². The van der Waals surface area contributed by atoms with Gasteiger partial charge in [0.25, 0.3) is 5.91 Å². The molecule has 2 aromatic carbocycles. The molecule has 0 saturated carbocycles. The molecule has 5 rings (SSSR count). The Labute approximate surface area is 189 Å². The monoisotopic (exact) mass is 444 g/mol. The summed E-state index contributed by atoms with van der Waals surface area (Å²) in [7, 11) is 1.63. The summed E-state index contributed by atoms with van der Waals surface area (Å²) >= 11 is 1.50. The minimum absolute atomic E-state index is 0.166. The van der Waals surface area contributed by atoms with Gasteiger partial charge in [0.2, 0.25) is 5.88 Å². The van der Waals surface area contributed by atoms with Crippen LogP contribution in [-0.2, 0) is 4.79 Å². The molecule has 7 nitrogen and oxygen atoms in total. The van der Waals surface area contributed by atoms with Crippen LogP contribution in [0.5, 0.6) is 11.6 Å². The average Bonchev–Trinajstić information content (AvgIpc) is 3.51. The first-order valence-corrected chi connectivity index (χ1v) is 11.0. The minimum Gasteiger partial charge on any atom is -0.497 e. The van der Waals surface area contributed by atoms with Gasteiger partial charge in [-0.25, -0.2) is 15.0 Å². The molecule has 3 heterocycles. The molecule has 4 aromatic rings. The van der Waals surface area contributed by atoms with E-state index in [1.807, 2.05) is 66.0 Å². The van der Waals surface area contributed by atoms with Gasteiger partial charge in [0.1, 0.15) is 16.9 Å². The van der Waals surface area contributed by atoms with E-state index in [0.717, 1.165) is 32.8 Å². The molecule has 1 amide bonds. The van der Waals surface area contributed by atoms with Gasteiger partial charge in [0.05, 0.1) is 24.2 Å². The van der Waals surface area contributed by atoms with Crippen LogP contribution in [0.1, 0.15) is 23.6 Å². The predicted molar refractivity (Wildman–Crippen MR) is 123 cm³/mol. The lowest BCUT2D eigenvalue weighted by Gasteiger charge is -2.22. The number of fused-ring (bicyclic) bond motifs is 1. The lowest BCUT2D eigenvalue weighted by molar-refractivity contribution is -0.135. The van der Waals surface area contributed by atoms with E-state index in [-0.39, 0.29) is 18.6 Å². The molecule has 0 N–H and O–H groups in total. The second kappa shape index (κ2) is 8.76. The lowest BCUT2D eigenvalue weighted by atomic mass is 9.98. The summed E-state index contributed by atoms with van der Waals surface area (Å²) in [6.07, 6.45) is 2.06. The maximum atomic E-state index is 13.2. The zero-order valence-electron chi connectivity index (χ0n) is 17.3. The summed E-state index contributed by atoms with van der Waals surface area (Å²) in [6, 6.07) is 19.3. The van der Waals surface area contributed by atoms with Gasteiger partial charge in [-0.3, -0.25) is 4.79 Å². The highest BCUT2D eigenvalue weighted by Crippen LogP contribution is 2.34. The molecule has 0 fully saturated rings. The van der Waals surface area contributed by atoms with Crippen LogP contribution < -0.4 is 9.47 Å². The van der Waals surface area contributed by atoms with E-state index in [2.05, 4.69) is 15.1 Å². The number of amides is 1. The summed E-state index contributed by atoms with van der Waals surface area (Å²) in [5, 5.41) is 8.93. The highest BCUT2D eigenvalue weighted by molar-refractivity contribution is 7.16. The van der Waals surface area contributed by atoms with Crippen LogP contribution in [-0.4, -0.2) is 40.3 Å². The Kier molecular flexibility index (Phi) is 5.51. The Hall–Kier alpha value is -3.78. The highest BCUT2D eigenvalue weighted by Gasteiger charge is 2.33. The van der Waals surface area contributed by atoms with Crippen LogP contribution in [0.4, 0.5) is 0 Å². The van der Waals surface area contributed by atoms with Gasteiger partial charge < -0.3 is 9.47 Å². The van der Waals surface area contributed by atoms with Gasteiger partial charge in [-0.1, -0.05) is 42.5 Å². The van der Waals surface area contributed by atoms with Crippen molar-refractivity contribution in [2.24, 2.45) is 5.10 Å². The third-order valence-corrected chi connectivity index (χ3v) is 6.15. The number of methoxy groups -OCH3 is 1. The Morgan fingerprint density at radius 2 is 1.91 bits per heavy atom. The predicted octanol–water partition coefficient (Wildman–Crippen LogP) is 4.46. The smallest absolute Gasteiger partial charge is 0.281 e. The number of nitrogens with zero attached hydrogens (tertiary/aromatic N) is 4. The number of carbonyl (C=O) groups is 1. The summed E-state index contributed by atoms with van der Waals surface area (Å²) < 4.78 is 11.1. The SMILES string of the molecule is COc1ccc([C@H]2CC(c3ccccc3)=NN2C(=O)COc2ncnc3sccc23)cc1. The van der Waals surface area contributed by atoms with Crippen molar-refractivity contribution in [3.05, 3.63) is 83.5 Å². The van der Waals surface area contributed by atoms with Crippen molar-refractivity contribution >= 4 is 33.2 Å². The number of carbonyl (C=O) groups excluding carboxylic acids is 1. The van der Waals surface area contributed by atoms with E-state index in [4.69, 9.17) is 9.47 Å². The van der Waals surface area contributed by atoms with Crippen LogP contribution >= 0.6 is 11.3 Å². The van der Waals surface area contributed by atoms with E-state index in [1.54, 1.807) is 7.11 Å². The van der Waals surface area contributed by atoms with E-state index >= 15 is 0 Å². The average molecular weight is 445 g/mol. The molecule has 2 aromatic heterocycles. The fourth-order valence-electron chi connectivity index (χ4n) is 3.71. The van der Waals surface area contributed by atoms with Gasteiger partial charge in [-0.2, -0.15) is 5.10 Å². The Morgan fingerprint density at radius 3 is 2.69 bits per heavy atom. The number of hydrogen-bond donors (Lipinski definition) is 0. The molecule has 0 aliphatic carbocycles. The molecule has 160 valence electrons. The number of hydrogen-bond acceptors (Lipinski definition) is 7. The molecular formula is C24H20N4O3S. The number of benzene rings is 2. The van der Waals surface area contributed by atoms with Crippen LogP contribution in [0.25, 0.3) is 10.2 Å². The highest BCUT2D eigenvalue weighted by atomic mass is 32.1. The Balaban J connectivity index is 1.40. The maximum absolute atomic E-state index is 13.2. The van der Waals surface area contributed by atoms with E-state index < -0.39 is 0 Å². The first kappa shape index (κ1) is 20.1. The number of rotatable bonds is 6. The molecule has 0 spiro atoms.